The van der Waals surface area contributed by atoms with Gasteiger partial charge in [0.05, 0.1) is 38.7 Å². The predicted octanol–water partition coefficient (Wildman–Crippen LogP) is 3.76. The summed E-state index contributed by atoms with van der Waals surface area (Å²) in [6, 6.07) is 5.95. The molecule has 0 N–H and O–H groups in total. The molecule has 0 saturated carbocycles. The van der Waals surface area contributed by atoms with Gasteiger partial charge in [0.2, 0.25) is 5.91 Å². The first-order chi connectivity index (χ1) is 16.6. The van der Waals surface area contributed by atoms with Crippen molar-refractivity contribution >= 4 is 33.3 Å². The number of anilines is 1. The number of methoxy groups -OCH3 is 2. The van der Waals surface area contributed by atoms with Crippen LogP contribution in [0.5, 0.6) is 11.5 Å². The smallest absolute Gasteiger partial charge is 0.227 e. The topological polar surface area (TPSA) is 77.0 Å². The number of amides is 1. The molecular weight excluding hydrogens is 452 g/mol. The van der Waals surface area contributed by atoms with Crippen LogP contribution in [0.3, 0.4) is 0 Å². The number of hydrogen-bond acceptors (Lipinski definition) is 8. The molecule has 4 heterocycles. The molecule has 5 rings (SSSR count). The van der Waals surface area contributed by atoms with Gasteiger partial charge in [-0.2, -0.15) is 0 Å². The van der Waals surface area contributed by atoms with E-state index in [0.717, 1.165) is 52.4 Å². The number of hydrogen-bond donors (Lipinski definition) is 0. The summed E-state index contributed by atoms with van der Waals surface area (Å²) < 4.78 is 16.4. The van der Waals surface area contributed by atoms with Crippen LogP contribution in [0.25, 0.3) is 21.3 Å². The van der Waals surface area contributed by atoms with Gasteiger partial charge < -0.3 is 24.0 Å². The molecule has 3 aromatic rings. The predicted molar refractivity (Wildman–Crippen MR) is 133 cm³/mol. The van der Waals surface area contributed by atoms with Crippen molar-refractivity contribution in [1.82, 2.24) is 14.9 Å². The first-order valence-electron chi connectivity index (χ1n) is 11.7. The quantitative estimate of drug-likeness (QED) is 0.548. The van der Waals surface area contributed by atoms with Gasteiger partial charge in [0.25, 0.3) is 0 Å². The summed E-state index contributed by atoms with van der Waals surface area (Å²) in [6.45, 7) is 6.08. The number of nitrogens with zero attached hydrogens (tertiary/aromatic N) is 4. The fraction of sp³-hybridized carbons (Fsp3) is 0.480. The number of carbonyl (C=O) groups is 1. The maximum Gasteiger partial charge on any atom is 0.227 e. The molecule has 8 nitrogen and oxygen atoms in total. The monoisotopic (exact) mass is 482 g/mol. The van der Waals surface area contributed by atoms with Gasteiger partial charge in [-0.1, -0.05) is 6.07 Å². The van der Waals surface area contributed by atoms with Gasteiger partial charge >= 0.3 is 0 Å². The second kappa shape index (κ2) is 9.76. The molecule has 9 heteroatoms. The van der Waals surface area contributed by atoms with Crippen molar-refractivity contribution in [3.05, 3.63) is 29.4 Å². The van der Waals surface area contributed by atoms with Crippen LogP contribution in [-0.2, 0) is 9.53 Å². The van der Waals surface area contributed by atoms with Gasteiger partial charge in [-0.15, -0.1) is 11.3 Å². The van der Waals surface area contributed by atoms with Crippen LogP contribution in [0, 0.1) is 12.8 Å². The van der Waals surface area contributed by atoms with E-state index in [1.165, 1.54) is 0 Å². The Morgan fingerprint density at radius 1 is 1.12 bits per heavy atom. The van der Waals surface area contributed by atoms with E-state index in [9.17, 15) is 4.79 Å². The summed E-state index contributed by atoms with van der Waals surface area (Å²) in [7, 11) is 3.28. The number of thiophene rings is 1. The van der Waals surface area contributed by atoms with Gasteiger partial charge in [-0.05, 0) is 37.5 Å². The molecule has 180 valence electrons. The summed E-state index contributed by atoms with van der Waals surface area (Å²) in [5.41, 5.74) is 2.09. The molecule has 2 aliphatic rings. The lowest BCUT2D eigenvalue weighted by Gasteiger charge is -2.37. The van der Waals surface area contributed by atoms with Crippen molar-refractivity contribution in [3.8, 4) is 22.6 Å². The molecule has 2 aromatic heterocycles. The van der Waals surface area contributed by atoms with Crippen molar-refractivity contribution in [2.45, 2.75) is 19.8 Å². The van der Waals surface area contributed by atoms with Crippen LogP contribution in [0.4, 0.5) is 5.82 Å². The molecule has 0 radical (unpaired) electrons. The summed E-state index contributed by atoms with van der Waals surface area (Å²) in [5.74, 6) is 3.24. The highest BCUT2D eigenvalue weighted by Gasteiger charge is 2.32. The molecule has 2 saturated heterocycles. The first-order valence-corrected chi connectivity index (χ1v) is 12.6. The highest BCUT2D eigenvalue weighted by atomic mass is 32.1. The largest absolute Gasteiger partial charge is 0.493 e. The second-order valence-corrected chi connectivity index (χ2v) is 9.57. The van der Waals surface area contributed by atoms with E-state index in [1.54, 1.807) is 25.6 Å². The number of rotatable bonds is 5. The fourth-order valence-electron chi connectivity index (χ4n) is 4.89. The van der Waals surface area contributed by atoms with Crippen LogP contribution >= 0.6 is 11.3 Å². The number of piperidine rings is 1. The van der Waals surface area contributed by atoms with Gasteiger partial charge in [-0.25, -0.2) is 9.97 Å². The average Bonchev–Trinajstić information content (AvgIpc) is 3.31. The van der Waals surface area contributed by atoms with E-state index >= 15 is 0 Å². The lowest BCUT2D eigenvalue weighted by atomic mass is 9.95. The van der Waals surface area contributed by atoms with E-state index in [-0.39, 0.29) is 11.8 Å². The van der Waals surface area contributed by atoms with E-state index in [1.807, 2.05) is 30.0 Å². The lowest BCUT2D eigenvalue weighted by Crippen LogP contribution is -2.48. The minimum absolute atomic E-state index is 0.0275. The Bertz CT molecular complexity index is 1190. The SMILES string of the molecule is COc1ccc(-c2csc3nc(C)nc(N4CCCC(C(=O)N5CCOCC5)C4)c23)cc1OC. The maximum atomic E-state index is 13.2. The minimum Gasteiger partial charge on any atom is -0.493 e. The molecule has 1 atom stereocenters. The van der Waals surface area contributed by atoms with Crippen LogP contribution in [0.1, 0.15) is 18.7 Å². The number of morpholine rings is 1. The number of ether oxygens (including phenoxy) is 3. The van der Waals surface area contributed by atoms with Crippen molar-refractivity contribution in [2.75, 3.05) is 58.5 Å². The summed E-state index contributed by atoms with van der Waals surface area (Å²) in [4.78, 5) is 28.0. The van der Waals surface area contributed by atoms with Crippen LogP contribution in [0.2, 0.25) is 0 Å². The third-order valence-corrected chi connectivity index (χ3v) is 7.49. The van der Waals surface area contributed by atoms with E-state index < -0.39 is 0 Å². The zero-order chi connectivity index (χ0) is 23.7. The molecular formula is C25H30N4O4S. The van der Waals surface area contributed by atoms with E-state index in [0.29, 0.717) is 44.3 Å². The zero-order valence-electron chi connectivity index (χ0n) is 19.9. The Labute approximate surface area is 203 Å². The van der Waals surface area contributed by atoms with Gasteiger partial charge in [0.1, 0.15) is 16.5 Å². The molecule has 0 spiro atoms. The fourth-order valence-corrected chi connectivity index (χ4v) is 5.87. The Morgan fingerprint density at radius 2 is 1.91 bits per heavy atom. The summed E-state index contributed by atoms with van der Waals surface area (Å²) >= 11 is 1.62. The summed E-state index contributed by atoms with van der Waals surface area (Å²) in [6.07, 6.45) is 1.87. The Kier molecular flexibility index (Phi) is 6.56. The molecule has 1 amide bonds. The zero-order valence-corrected chi connectivity index (χ0v) is 20.7. The lowest BCUT2D eigenvalue weighted by molar-refractivity contribution is -0.139. The van der Waals surface area contributed by atoms with E-state index in [2.05, 4.69) is 10.3 Å². The van der Waals surface area contributed by atoms with Gasteiger partial charge in [-0.3, -0.25) is 4.79 Å². The second-order valence-electron chi connectivity index (χ2n) is 8.72. The minimum atomic E-state index is -0.0275. The normalized spacial score (nSPS) is 18.9. The molecule has 1 unspecified atom stereocenters. The number of fused-ring (bicyclic) bond motifs is 1. The molecule has 1 aromatic carbocycles. The van der Waals surface area contributed by atoms with Crippen molar-refractivity contribution < 1.29 is 19.0 Å². The third kappa shape index (κ3) is 4.30. The summed E-state index contributed by atoms with van der Waals surface area (Å²) in [5, 5.41) is 3.16. The number of carbonyl (C=O) groups excluding carboxylic acids is 1. The molecule has 0 bridgehead atoms. The number of benzene rings is 1. The van der Waals surface area contributed by atoms with Crippen molar-refractivity contribution in [2.24, 2.45) is 5.92 Å². The van der Waals surface area contributed by atoms with Crippen molar-refractivity contribution in [3.63, 3.8) is 0 Å². The van der Waals surface area contributed by atoms with E-state index in [4.69, 9.17) is 24.2 Å². The average molecular weight is 483 g/mol. The highest BCUT2D eigenvalue weighted by molar-refractivity contribution is 7.17. The van der Waals surface area contributed by atoms with Crippen molar-refractivity contribution in [1.29, 1.82) is 0 Å². The molecule has 2 fully saturated rings. The highest BCUT2D eigenvalue weighted by Crippen LogP contribution is 2.41. The van der Waals surface area contributed by atoms with Crippen LogP contribution in [0.15, 0.2) is 23.6 Å². The first kappa shape index (κ1) is 22.9. The van der Waals surface area contributed by atoms with Gasteiger partial charge in [0, 0.05) is 37.1 Å². The molecule has 0 aliphatic carbocycles. The Balaban J connectivity index is 1.51. The van der Waals surface area contributed by atoms with Crippen LogP contribution in [-0.4, -0.2) is 74.4 Å². The molecule has 34 heavy (non-hydrogen) atoms. The van der Waals surface area contributed by atoms with Gasteiger partial charge in [0.15, 0.2) is 11.5 Å². The maximum absolute atomic E-state index is 13.2. The number of aryl methyl sites for hydroxylation is 1. The van der Waals surface area contributed by atoms with Crippen LogP contribution < -0.4 is 14.4 Å². The molecule has 2 aliphatic heterocycles. The third-order valence-electron chi connectivity index (χ3n) is 6.61. The Morgan fingerprint density at radius 3 is 2.68 bits per heavy atom. The standard InChI is InChI=1S/C25H30N4O4S/c1-16-26-23(29-8-4-5-18(14-29)25(30)28-9-11-33-12-10-28)22-19(15-34-24(22)27-16)17-6-7-20(31-2)21(13-17)32-3/h6-7,13,15,18H,4-5,8-12,14H2,1-3H3. The number of aromatic nitrogens is 2. The Hall–Kier alpha value is -2.91.